The highest BCUT2D eigenvalue weighted by Crippen LogP contribution is 2.13. The number of carbonyl (C=O) groups excluding carboxylic acids is 1. The molecule has 0 saturated carbocycles. The van der Waals surface area contributed by atoms with E-state index in [1.807, 2.05) is 49.5 Å². The van der Waals surface area contributed by atoms with E-state index >= 15 is 0 Å². The predicted octanol–water partition coefficient (Wildman–Crippen LogP) is 0.191. The molecule has 0 spiro atoms. The number of nitrogens with zero attached hydrogens (tertiary/aromatic N) is 2. The van der Waals surface area contributed by atoms with Crippen molar-refractivity contribution in [3.8, 4) is 0 Å². The highest BCUT2D eigenvalue weighted by atomic mass is 32.2. The van der Waals surface area contributed by atoms with Crippen LogP contribution in [0.4, 0.5) is 0 Å². The summed E-state index contributed by atoms with van der Waals surface area (Å²) >= 11 is 0. The van der Waals surface area contributed by atoms with Crippen molar-refractivity contribution in [1.29, 1.82) is 0 Å². The van der Waals surface area contributed by atoms with Gasteiger partial charge in [-0.15, -0.1) is 5.82 Å². The van der Waals surface area contributed by atoms with Crippen LogP contribution in [0, 0.1) is 6.92 Å². The van der Waals surface area contributed by atoms with Gasteiger partial charge < -0.3 is 0 Å². The number of amides is 1. The van der Waals surface area contributed by atoms with E-state index in [0.29, 0.717) is 6.42 Å². The van der Waals surface area contributed by atoms with E-state index in [1.165, 1.54) is 12.1 Å². The number of sulfonamides is 1. The Morgan fingerprint density at radius 3 is 2.46 bits per heavy atom. The Morgan fingerprint density at radius 1 is 1.33 bits per heavy atom. The molecule has 0 aliphatic heterocycles. The zero-order valence-corrected chi connectivity index (χ0v) is 15.2. The summed E-state index contributed by atoms with van der Waals surface area (Å²) in [7, 11) is 1.66. The molecule has 1 N–H and O–H groups in total. The molecular formula is C16H22BN3O3S. The van der Waals surface area contributed by atoms with Gasteiger partial charge in [-0.1, -0.05) is 31.0 Å². The van der Waals surface area contributed by atoms with Crippen LogP contribution in [0.2, 0.25) is 5.82 Å². The lowest BCUT2D eigenvalue weighted by atomic mass is 9.62. The van der Waals surface area contributed by atoms with E-state index < -0.39 is 21.7 Å². The zero-order chi connectivity index (χ0) is 17.9. The molecule has 1 unspecified atom stereocenters. The Bertz CT molecular complexity index is 809. The van der Waals surface area contributed by atoms with Crippen molar-refractivity contribution < 1.29 is 17.8 Å². The van der Waals surface area contributed by atoms with Crippen molar-refractivity contribution in [2.45, 2.75) is 31.0 Å². The minimum Gasteiger partial charge on any atom is -0.280 e. The highest BCUT2D eigenvalue weighted by Gasteiger charge is 2.20. The molecule has 1 heterocycles. The number of rotatable bonds is 6. The second kappa shape index (κ2) is 7.21. The maximum atomic E-state index is 12.4. The number of nitrogens with one attached hydrogen (secondary N) is 1. The molecule has 0 fully saturated rings. The van der Waals surface area contributed by atoms with Gasteiger partial charge in [-0.25, -0.2) is 8.42 Å². The topological polar surface area (TPSA) is 72.0 Å². The first-order valence-electron chi connectivity index (χ1n) is 7.73. The molecule has 2 rings (SSSR count). The van der Waals surface area contributed by atoms with Crippen LogP contribution >= 0.6 is 0 Å². The van der Waals surface area contributed by atoms with E-state index in [4.69, 9.17) is 0 Å². The summed E-state index contributed by atoms with van der Waals surface area (Å²) in [6.45, 7) is 3.72. The number of aromatic nitrogens is 2. The van der Waals surface area contributed by atoms with Gasteiger partial charge in [0.2, 0.25) is 0 Å². The smallest absolute Gasteiger partial charge is 0.263 e. The van der Waals surface area contributed by atoms with E-state index in [2.05, 4.69) is 4.72 Å². The number of hydrogen-bond acceptors (Lipinski definition) is 3. The Labute approximate surface area is 143 Å². The zero-order valence-electron chi connectivity index (χ0n) is 14.4. The van der Waals surface area contributed by atoms with E-state index in [-0.39, 0.29) is 4.90 Å². The maximum absolute atomic E-state index is 12.4. The summed E-state index contributed by atoms with van der Waals surface area (Å²) in [5.74, 6) is -1.07. The van der Waals surface area contributed by atoms with Crippen LogP contribution in [0.15, 0.2) is 41.6 Å². The fourth-order valence-corrected chi connectivity index (χ4v) is 3.41. The van der Waals surface area contributed by atoms with Crippen LogP contribution in [0.3, 0.4) is 0 Å². The van der Waals surface area contributed by atoms with Gasteiger partial charge in [0.25, 0.3) is 10.0 Å². The summed E-state index contributed by atoms with van der Waals surface area (Å²) in [5.41, 5.74) is 1.79. The van der Waals surface area contributed by atoms with E-state index in [9.17, 15) is 13.2 Å². The molecular weight excluding hydrogens is 325 g/mol. The monoisotopic (exact) mass is 347 g/mol. The largest absolute Gasteiger partial charge is 0.280 e. The minimum absolute atomic E-state index is 0.0840. The van der Waals surface area contributed by atoms with Crippen LogP contribution in [-0.2, 0) is 28.9 Å². The van der Waals surface area contributed by atoms with Gasteiger partial charge >= 0.3 is 0 Å². The third kappa shape index (κ3) is 4.06. The standard InChI is InChI=1S/C16H21BN3O3S/c1-5-14(17-16-19(3)10-11-20(16)4)15(21)18-24(22,23)13-8-6-12(2)7-9-13/h6-11,14H,5H2,1-4H3/q-1/p+1. The van der Waals surface area contributed by atoms with Gasteiger partial charge in [-0.3, -0.25) is 18.7 Å². The molecule has 0 bridgehead atoms. The Morgan fingerprint density at radius 2 is 1.96 bits per heavy atom. The molecule has 2 radical (unpaired) electrons. The van der Waals surface area contributed by atoms with Crippen molar-refractivity contribution in [3.63, 3.8) is 0 Å². The molecule has 6 nitrogen and oxygen atoms in total. The molecule has 128 valence electrons. The van der Waals surface area contributed by atoms with Crippen molar-refractivity contribution in [1.82, 2.24) is 9.29 Å². The van der Waals surface area contributed by atoms with Crippen LogP contribution < -0.4 is 15.0 Å². The average molecular weight is 347 g/mol. The SMILES string of the molecule is CCC([B-]c1n(C)cc[n+]1C)C(=O)NS(=O)(=O)c1ccc(C)cc1. The molecule has 0 saturated heterocycles. The quantitative estimate of drug-likeness (QED) is 0.599. The molecule has 8 heteroatoms. The first-order valence-corrected chi connectivity index (χ1v) is 9.22. The molecule has 1 aromatic heterocycles. The summed E-state index contributed by atoms with van der Waals surface area (Å²) in [6.07, 6.45) is 4.25. The molecule has 0 aliphatic carbocycles. The second-order valence-electron chi connectivity index (χ2n) is 5.84. The molecule has 1 amide bonds. The average Bonchev–Trinajstić information content (AvgIpc) is 2.83. The van der Waals surface area contributed by atoms with E-state index in [0.717, 1.165) is 11.3 Å². The van der Waals surface area contributed by atoms with Gasteiger partial charge in [-0.2, -0.15) is 7.28 Å². The predicted molar refractivity (Wildman–Crippen MR) is 92.5 cm³/mol. The van der Waals surface area contributed by atoms with Gasteiger partial charge in [0.05, 0.1) is 19.0 Å². The number of imidazole rings is 1. The van der Waals surface area contributed by atoms with Crippen molar-refractivity contribution in [2.24, 2.45) is 14.1 Å². The van der Waals surface area contributed by atoms with Crippen LogP contribution in [0.5, 0.6) is 0 Å². The minimum atomic E-state index is -3.86. The Balaban J connectivity index is 2.15. The maximum Gasteiger partial charge on any atom is 0.263 e. The Kier molecular flexibility index (Phi) is 5.49. The molecule has 1 aromatic carbocycles. The van der Waals surface area contributed by atoms with Crippen molar-refractivity contribution in [3.05, 3.63) is 42.2 Å². The number of aryl methyl sites for hydroxylation is 3. The van der Waals surface area contributed by atoms with Gasteiger partial charge in [0.15, 0.2) is 5.91 Å². The second-order valence-corrected chi connectivity index (χ2v) is 7.52. The number of benzene rings is 1. The van der Waals surface area contributed by atoms with Crippen LogP contribution in [0.1, 0.15) is 18.9 Å². The van der Waals surface area contributed by atoms with Gasteiger partial charge in [0.1, 0.15) is 12.4 Å². The lowest BCUT2D eigenvalue weighted by Gasteiger charge is -2.24. The summed E-state index contributed by atoms with van der Waals surface area (Å²) in [4.78, 5) is 12.5. The van der Waals surface area contributed by atoms with Gasteiger partial charge in [0, 0.05) is 5.72 Å². The van der Waals surface area contributed by atoms with Crippen LogP contribution in [-0.4, -0.2) is 26.2 Å². The number of carbonyl (C=O) groups is 1. The summed E-state index contributed by atoms with van der Waals surface area (Å²) in [6, 6.07) is 6.39. The van der Waals surface area contributed by atoms with Crippen LogP contribution in [0.25, 0.3) is 0 Å². The fraction of sp³-hybridized carbons (Fsp3) is 0.375. The third-order valence-corrected chi connectivity index (χ3v) is 5.29. The molecule has 1 atom stereocenters. The van der Waals surface area contributed by atoms with Crippen molar-refractivity contribution >= 4 is 28.9 Å². The van der Waals surface area contributed by atoms with Crippen molar-refractivity contribution in [2.75, 3.05) is 0 Å². The van der Waals surface area contributed by atoms with E-state index in [1.54, 1.807) is 19.4 Å². The van der Waals surface area contributed by atoms with Gasteiger partial charge in [-0.05, 0) is 19.1 Å². The highest BCUT2D eigenvalue weighted by molar-refractivity contribution is 7.90. The fourth-order valence-electron chi connectivity index (χ4n) is 2.38. The Hall–Kier alpha value is -2.09. The normalized spacial score (nSPS) is 12.8. The first kappa shape index (κ1) is 18.3. The molecule has 2 aromatic rings. The third-order valence-electron chi connectivity index (χ3n) is 3.93. The molecule has 0 aliphatic rings. The lowest BCUT2D eigenvalue weighted by Crippen LogP contribution is -2.52. The first-order chi connectivity index (χ1) is 11.2. The number of hydrogen-bond donors (Lipinski definition) is 1. The lowest BCUT2D eigenvalue weighted by molar-refractivity contribution is -0.653. The summed E-state index contributed by atoms with van der Waals surface area (Å²) < 4.78 is 30.6. The molecule has 24 heavy (non-hydrogen) atoms. The summed E-state index contributed by atoms with van der Waals surface area (Å²) in [5, 5.41) is 0.